The van der Waals surface area contributed by atoms with Crippen molar-refractivity contribution in [1.29, 1.82) is 0 Å². The predicted molar refractivity (Wildman–Crippen MR) is 581 cm³/mol. The fraction of sp³-hybridized carbons (Fsp3) is 0. The third kappa shape index (κ3) is 14.1. The molecule has 0 atom stereocenters. The minimum absolute atomic E-state index is 0.903. The maximum atomic E-state index is 6.51. The largest absolute Gasteiger partial charge is 0.456 e. The number of furan rings is 3. The lowest BCUT2D eigenvalue weighted by atomic mass is 9.84. The topological polar surface area (TPSA) is 39.4 Å². The first kappa shape index (κ1) is 79.9. The molecular formula is C134H84O3. The van der Waals surface area contributed by atoms with Crippen LogP contribution in [0.1, 0.15) is 0 Å². The number of benzene rings is 25. The minimum Gasteiger partial charge on any atom is -0.456 e. The Bertz CT molecular complexity index is 9450. The molecule has 0 aliphatic heterocycles. The molecule has 0 saturated heterocycles. The van der Waals surface area contributed by atoms with Crippen molar-refractivity contribution in [1.82, 2.24) is 0 Å². The highest BCUT2D eigenvalue weighted by Gasteiger charge is 2.25. The summed E-state index contributed by atoms with van der Waals surface area (Å²) in [4.78, 5) is 0. The summed E-state index contributed by atoms with van der Waals surface area (Å²) in [5, 5.41) is 26.7. The molecule has 28 aromatic rings. The van der Waals surface area contributed by atoms with E-state index in [4.69, 9.17) is 13.3 Å². The fourth-order valence-electron chi connectivity index (χ4n) is 21.6. The molecule has 0 unspecified atom stereocenters. The summed E-state index contributed by atoms with van der Waals surface area (Å²) in [6.45, 7) is 0. The van der Waals surface area contributed by atoms with Gasteiger partial charge >= 0.3 is 0 Å². The third-order valence-electron chi connectivity index (χ3n) is 28.0. The van der Waals surface area contributed by atoms with E-state index in [1.54, 1.807) is 0 Å². The van der Waals surface area contributed by atoms with E-state index in [0.29, 0.717) is 0 Å². The van der Waals surface area contributed by atoms with Crippen LogP contribution < -0.4 is 0 Å². The lowest BCUT2D eigenvalue weighted by Crippen LogP contribution is -1.91. The number of fused-ring (bicyclic) bond motifs is 17. The van der Waals surface area contributed by atoms with Crippen LogP contribution in [0.15, 0.2) is 523 Å². The lowest BCUT2D eigenvalue weighted by Gasteiger charge is -2.19. The molecule has 0 spiro atoms. The maximum absolute atomic E-state index is 6.51. The Hall–Kier alpha value is -18.0. The molecule has 3 nitrogen and oxygen atoms in total. The summed E-state index contributed by atoms with van der Waals surface area (Å²) in [6.07, 6.45) is 0. The van der Waals surface area contributed by atoms with Gasteiger partial charge in [0.25, 0.3) is 0 Å². The second-order valence-electron chi connectivity index (χ2n) is 35.8. The number of hydrogen-bond donors (Lipinski definition) is 0. The van der Waals surface area contributed by atoms with Gasteiger partial charge < -0.3 is 13.3 Å². The SMILES string of the molecule is c1ccc(-c2ccc(-c3c4ccccc4c(-c4cccc5c4oc4ccccc45)c4ccccc34)cc2)cc1.c1ccc(-c2ccc3c(-c4c5ccccc5c(-c5ccc6oc7ccc(-c8ccccc8)cc7c6c5)c5ccccc45)cccc3c2)cc1.c1ccc(-c2ccc3cc(-c4c5ccccc5c(-c5ccc6oc7cc(-c8ccccc8)ccc7c6c5)c5ccccc45)ccc3c2)cc1. The van der Waals surface area contributed by atoms with Crippen molar-refractivity contribution < 1.29 is 13.3 Å². The van der Waals surface area contributed by atoms with Gasteiger partial charge in [-0.1, -0.05) is 437 Å². The van der Waals surface area contributed by atoms with Gasteiger partial charge in [0.1, 0.15) is 33.5 Å². The summed E-state index contributed by atoms with van der Waals surface area (Å²) in [7, 11) is 0. The molecule has 0 fully saturated rings. The van der Waals surface area contributed by atoms with Crippen LogP contribution in [0.2, 0.25) is 0 Å². The quantitative estimate of drug-likeness (QED) is 0.121. The van der Waals surface area contributed by atoms with Gasteiger partial charge in [-0.25, -0.2) is 0 Å². The normalized spacial score (nSPS) is 11.6. The van der Waals surface area contributed by atoms with Crippen LogP contribution in [0, 0.1) is 0 Å². The zero-order valence-corrected chi connectivity index (χ0v) is 74.7. The van der Waals surface area contributed by atoms with Crippen LogP contribution in [0.25, 0.3) is 274 Å². The van der Waals surface area contributed by atoms with Crippen molar-refractivity contribution in [3.05, 3.63) is 510 Å². The molecule has 3 aromatic heterocycles. The van der Waals surface area contributed by atoms with Crippen LogP contribution >= 0.6 is 0 Å². The van der Waals surface area contributed by atoms with E-state index in [0.717, 1.165) is 76.9 Å². The Morgan fingerprint density at radius 3 is 0.818 bits per heavy atom. The van der Waals surface area contributed by atoms with E-state index in [1.807, 2.05) is 12.1 Å². The first-order valence-corrected chi connectivity index (χ1v) is 47.0. The van der Waals surface area contributed by atoms with Crippen LogP contribution in [-0.2, 0) is 0 Å². The molecule has 0 radical (unpaired) electrons. The van der Waals surface area contributed by atoms with Crippen LogP contribution in [0.4, 0.5) is 0 Å². The van der Waals surface area contributed by atoms with Gasteiger partial charge in [-0.15, -0.1) is 0 Å². The zero-order chi connectivity index (χ0) is 90.4. The molecule has 638 valence electrons. The van der Waals surface area contributed by atoms with Crippen LogP contribution in [0.3, 0.4) is 0 Å². The molecule has 0 N–H and O–H groups in total. The van der Waals surface area contributed by atoms with E-state index in [-0.39, 0.29) is 0 Å². The summed E-state index contributed by atoms with van der Waals surface area (Å²) >= 11 is 0. The van der Waals surface area contributed by atoms with Gasteiger partial charge in [0.2, 0.25) is 0 Å². The average Bonchev–Trinajstić information content (AvgIpc) is 1.71. The Morgan fingerprint density at radius 1 is 0.102 bits per heavy atom. The highest BCUT2D eigenvalue weighted by molar-refractivity contribution is 6.28. The van der Waals surface area contributed by atoms with Crippen molar-refractivity contribution in [2.24, 2.45) is 0 Å². The van der Waals surface area contributed by atoms with E-state index in [1.165, 1.54) is 197 Å². The number of para-hydroxylation sites is 2. The van der Waals surface area contributed by atoms with Gasteiger partial charge in [0.05, 0.1) is 0 Å². The maximum Gasteiger partial charge on any atom is 0.143 e. The third-order valence-corrected chi connectivity index (χ3v) is 28.0. The average molecular weight is 1740 g/mol. The van der Waals surface area contributed by atoms with Crippen LogP contribution in [-0.4, -0.2) is 0 Å². The van der Waals surface area contributed by atoms with Crippen LogP contribution in [0.5, 0.6) is 0 Å². The predicted octanol–water partition coefficient (Wildman–Crippen LogP) is 38.3. The molecule has 3 heteroatoms. The van der Waals surface area contributed by atoms with Crippen molar-refractivity contribution in [2.45, 2.75) is 0 Å². The summed E-state index contributed by atoms with van der Waals surface area (Å²) in [5.41, 5.74) is 32.3. The van der Waals surface area contributed by atoms with Gasteiger partial charge in [0, 0.05) is 43.4 Å². The first-order valence-electron chi connectivity index (χ1n) is 47.0. The summed E-state index contributed by atoms with van der Waals surface area (Å²) in [6, 6.07) is 184. The van der Waals surface area contributed by atoms with Crippen molar-refractivity contribution in [3.63, 3.8) is 0 Å². The second kappa shape index (κ2) is 33.7. The first-order chi connectivity index (χ1) is 67.9. The molecule has 137 heavy (non-hydrogen) atoms. The molecule has 0 bridgehead atoms. The van der Waals surface area contributed by atoms with E-state index in [9.17, 15) is 0 Å². The van der Waals surface area contributed by atoms with Gasteiger partial charge in [-0.2, -0.15) is 0 Å². The molecular weight excluding hydrogens is 1660 g/mol. The standard InChI is InChI=1S/2C48H30O.C38H24O/c1-3-12-31(13-4-1)33-22-25-37-35(28-33)16-11-21-38(37)48-41-19-9-7-17-39(41)47(40-18-8-10-20-42(40)48)36-24-27-46-44(30-36)43-29-34(23-26-45(43)49-46)32-14-5-2-6-15-32;1-3-11-31(12-4-1)33-19-20-35-28-37(22-21-34(35)27-33)47-40-15-7-9-17-42(40)48(43-18-10-8-16-41(43)47)38-24-26-45-44(29-38)39-25-23-36(30-46(39)49-45)32-13-5-2-6-14-32;1-2-11-25(12-3-1)26-21-23-27(24-22-26)36-29-14-4-6-16-31(29)37(32-17-7-5-15-30(32)36)34-19-10-18-33-28-13-8-9-20-35(28)39-38(33)34/h2*1-30H;1-24H. The van der Waals surface area contributed by atoms with Gasteiger partial charge in [0.15, 0.2) is 0 Å². The second-order valence-corrected chi connectivity index (χ2v) is 35.8. The Balaban J connectivity index is 0.000000107. The molecule has 28 rings (SSSR count). The molecule has 0 aliphatic carbocycles. The Kier molecular flexibility index (Phi) is 19.6. The van der Waals surface area contributed by atoms with E-state index in [2.05, 4.69) is 497 Å². The Morgan fingerprint density at radius 2 is 0.358 bits per heavy atom. The highest BCUT2D eigenvalue weighted by Crippen LogP contribution is 2.52. The fourth-order valence-corrected chi connectivity index (χ4v) is 21.6. The lowest BCUT2D eigenvalue weighted by molar-refractivity contribution is 0.668. The summed E-state index contributed by atoms with van der Waals surface area (Å²) < 4.78 is 19.3. The van der Waals surface area contributed by atoms with Gasteiger partial charge in [-0.3, -0.25) is 0 Å². The molecule has 25 aromatic carbocycles. The number of rotatable bonds is 11. The van der Waals surface area contributed by atoms with Crippen molar-refractivity contribution in [2.75, 3.05) is 0 Å². The molecule has 3 heterocycles. The summed E-state index contributed by atoms with van der Waals surface area (Å²) in [5.74, 6) is 0. The van der Waals surface area contributed by atoms with Crippen molar-refractivity contribution >= 4 is 152 Å². The van der Waals surface area contributed by atoms with E-state index >= 15 is 0 Å². The molecule has 0 aliphatic rings. The number of hydrogen-bond acceptors (Lipinski definition) is 3. The highest BCUT2D eigenvalue weighted by atomic mass is 16.3. The van der Waals surface area contributed by atoms with E-state index < -0.39 is 0 Å². The molecule has 0 amide bonds. The van der Waals surface area contributed by atoms with Gasteiger partial charge in [-0.05, 0) is 270 Å². The monoisotopic (exact) mass is 1740 g/mol. The smallest absolute Gasteiger partial charge is 0.143 e. The molecule has 0 saturated carbocycles. The minimum atomic E-state index is 0.903. The zero-order valence-electron chi connectivity index (χ0n) is 74.7. The van der Waals surface area contributed by atoms with Crippen molar-refractivity contribution in [3.8, 4) is 122 Å². The Labute approximate surface area is 791 Å².